The number of hydrogen-bond donors (Lipinski definition) is 2. The average Bonchev–Trinajstić information content (AvgIpc) is 1.90. The van der Waals surface area contributed by atoms with Gasteiger partial charge >= 0.3 is 11.9 Å². The number of ether oxygens (including phenoxy) is 6. The van der Waals surface area contributed by atoms with Gasteiger partial charge in [-0.2, -0.15) is 0 Å². The number of unbranched alkanes of at least 4 members (excludes halogenated alkanes) is 8. The van der Waals surface area contributed by atoms with E-state index in [1.807, 2.05) is 48.5 Å². The SMILES string of the molecule is C=CC(=O)OCCCOc1c2cc(C(=O)CCCCC)cc1Cc1cc(C(=O)CCCCC)cc(c1OCCCOC(=O)C=C)Cc1cc(C(=O)CCCCC)cc(c1OCCCO)Cc1cc(C(=O)CCCCC)cc(c1OCCCO)C2. The highest BCUT2D eigenvalue weighted by Gasteiger charge is 2.28. The summed E-state index contributed by atoms with van der Waals surface area (Å²) >= 11 is 0. The zero-order chi connectivity index (χ0) is 60.6. The third-order valence-corrected chi connectivity index (χ3v) is 14.8. The molecule has 0 aromatic heterocycles. The van der Waals surface area contributed by atoms with Crippen molar-refractivity contribution in [1.29, 1.82) is 0 Å². The summed E-state index contributed by atoms with van der Waals surface area (Å²) in [6.07, 6.45) is 14.9. The normalized spacial score (nSPS) is 11.8. The van der Waals surface area contributed by atoms with Gasteiger partial charge < -0.3 is 38.6 Å². The first-order chi connectivity index (χ1) is 40.8. The molecule has 0 radical (unpaired) electrons. The molecule has 8 bridgehead atoms. The Morgan fingerprint density at radius 2 is 0.583 bits per heavy atom. The molecule has 0 saturated heterocycles. The van der Waals surface area contributed by atoms with Crippen LogP contribution in [0.5, 0.6) is 23.0 Å². The summed E-state index contributed by atoms with van der Waals surface area (Å²) in [5.74, 6) is 0.448. The average molecular weight is 1160 g/mol. The lowest BCUT2D eigenvalue weighted by molar-refractivity contribution is -0.138. The van der Waals surface area contributed by atoms with E-state index in [1.165, 1.54) is 0 Å². The fourth-order valence-corrected chi connectivity index (χ4v) is 10.4. The molecule has 5 rings (SSSR count). The number of rotatable bonds is 40. The molecule has 14 heteroatoms. The summed E-state index contributed by atoms with van der Waals surface area (Å²) in [6.45, 7) is 15.6. The predicted octanol–water partition coefficient (Wildman–Crippen LogP) is 13.9. The lowest BCUT2D eigenvalue weighted by atomic mass is 9.86. The minimum atomic E-state index is -0.569. The fraction of sp³-hybridized carbons (Fsp3) is 0.514. The molecule has 2 N–H and O–H groups in total. The van der Waals surface area contributed by atoms with Crippen LogP contribution in [-0.2, 0) is 44.7 Å². The van der Waals surface area contributed by atoms with Crippen molar-refractivity contribution in [3.8, 4) is 23.0 Å². The Bertz CT molecular complexity index is 2650. The lowest BCUT2D eigenvalue weighted by Gasteiger charge is -2.25. The van der Waals surface area contributed by atoms with E-state index in [2.05, 4.69) is 40.9 Å². The molecular formula is C70H92O14. The van der Waals surface area contributed by atoms with E-state index >= 15 is 0 Å². The minimum absolute atomic E-state index is 0.0431. The van der Waals surface area contributed by atoms with Crippen LogP contribution >= 0.6 is 0 Å². The van der Waals surface area contributed by atoms with Crippen molar-refractivity contribution in [3.05, 3.63) is 141 Å². The molecule has 1 aliphatic carbocycles. The quantitative estimate of drug-likeness (QED) is 0.0162. The molecular weight excluding hydrogens is 1060 g/mol. The molecule has 0 atom stereocenters. The van der Waals surface area contributed by atoms with Crippen LogP contribution in [0.2, 0.25) is 0 Å². The lowest BCUT2D eigenvalue weighted by Crippen LogP contribution is -2.15. The van der Waals surface area contributed by atoms with Crippen molar-refractivity contribution in [3.63, 3.8) is 0 Å². The van der Waals surface area contributed by atoms with Crippen molar-refractivity contribution in [2.45, 2.75) is 182 Å². The number of esters is 2. The first kappa shape index (κ1) is 67.9. The Morgan fingerprint density at radius 3 is 0.786 bits per heavy atom. The zero-order valence-electron chi connectivity index (χ0n) is 50.6. The molecule has 0 aliphatic heterocycles. The van der Waals surface area contributed by atoms with Crippen LogP contribution in [0.1, 0.15) is 242 Å². The van der Waals surface area contributed by atoms with Crippen LogP contribution < -0.4 is 18.9 Å². The van der Waals surface area contributed by atoms with E-state index in [1.54, 1.807) is 0 Å². The van der Waals surface area contributed by atoms with Gasteiger partial charge in [-0.3, -0.25) is 19.2 Å². The van der Waals surface area contributed by atoms with Gasteiger partial charge in [-0.1, -0.05) is 92.2 Å². The van der Waals surface area contributed by atoms with Gasteiger partial charge in [-0.05, 0) is 119 Å². The maximum atomic E-state index is 14.6. The molecule has 4 aromatic carbocycles. The van der Waals surface area contributed by atoms with Gasteiger partial charge in [0.25, 0.3) is 0 Å². The Balaban J connectivity index is 1.99. The zero-order valence-corrected chi connectivity index (χ0v) is 50.6. The minimum Gasteiger partial charge on any atom is -0.493 e. The molecule has 84 heavy (non-hydrogen) atoms. The van der Waals surface area contributed by atoms with Crippen LogP contribution in [0.15, 0.2) is 73.8 Å². The Kier molecular flexibility index (Phi) is 30.2. The van der Waals surface area contributed by atoms with Crippen molar-refractivity contribution >= 4 is 35.1 Å². The molecule has 0 heterocycles. The van der Waals surface area contributed by atoms with Crippen LogP contribution in [-0.4, -0.2) is 98.1 Å². The standard InChI is InChI=1S/C70H92O14/c1-7-13-17-25-61(73)49-37-53-45-54-38-50(62(74)26-18-14-8-2)40-56(68(54)82-32-22-30-72)47-58-42-52(64(76)28-20-16-10-4)44-60(70(58)84-36-24-34-80-66(78)12-6)48-59-43-51(63(75)27-19-15-9-3)41-57(46-55(39-49)67(53)81-31-21-29-71)69(59)83-35-23-33-79-65(77)11-5/h11-12,37-44,71-72H,5-10,13-36,45-48H2,1-4H3. The molecule has 4 aromatic rings. The van der Waals surface area contributed by atoms with Gasteiger partial charge in [0, 0.05) is 125 Å². The Hall–Kier alpha value is -6.90. The highest BCUT2D eigenvalue weighted by atomic mass is 16.5. The van der Waals surface area contributed by atoms with Gasteiger partial charge in [0.05, 0.1) is 39.6 Å². The number of carbonyl (C=O) groups excluding carboxylic acids is 6. The molecule has 0 saturated carbocycles. The molecule has 456 valence electrons. The van der Waals surface area contributed by atoms with Crippen molar-refractivity contribution in [2.24, 2.45) is 0 Å². The highest BCUT2D eigenvalue weighted by Crippen LogP contribution is 2.42. The third-order valence-electron chi connectivity index (χ3n) is 14.8. The van der Waals surface area contributed by atoms with Crippen LogP contribution in [0, 0.1) is 0 Å². The second-order valence-corrected chi connectivity index (χ2v) is 21.7. The van der Waals surface area contributed by atoms with Gasteiger partial charge in [0.2, 0.25) is 0 Å². The molecule has 0 amide bonds. The first-order valence-electron chi connectivity index (χ1n) is 30.9. The van der Waals surface area contributed by atoms with E-state index in [0.717, 1.165) is 63.5 Å². The smallest absolute Gasteiger partial charge is 0.330 e. The Morgan fingerprint density at radius 1 is 0.357 bits per heavy atom. The molecule has 0 spiro atoms. The number of benzene rings is 4. The van der Waals surface area contributed by atoms with Crippen LogP contribution in [0.3, 0.4) is 0 Å². The fourth-order valence-electron chi connectivity index (χ4n) is 10.4. The monoisotopic (exact) mass is 1160 g/mol. The van der Waals surface area contributed by atoms with Crippen LogP contribution in [0.25, 0.3) is 0 Å². The maximum Gasteiger partial charge on any atom is 0.330 e. The number of ketones is 4. The predicted molar refractivity (Wildman–Crippen MR) is 328 cm³/mol. The van der Waals surface area contributed by atoms with E-state index in [4.69, 9.17) is 28.4 Å². The number of carbonyl (C=O) groups is 6. The molecule has 1 aliphatic rings. The summed E-state index contributed by atoms with van der Waals surface area (Å²) < 4.78 is 38.1. The van der Waals surface area contributed by atoms with E-state index in [0.29, 0.717) is 167 Å². The summed E-state index contributed by atoms with van der Waals surface area (Å²) in [4.78, 5) is 82.7. The Labute approximate surface area is 498 Å². The second kappa shape index (κ2) is 37.4. The largest absolute Gasteiger partial charge is 0.493 e. The number of fused-ring (bicyclic) bond motifs is 8. The highest BCUT2D eigenvalue weighted by molar-refractivity contribution is 5.99. The number of Topliss-reactive ketones (excluding diaryl/α,β-unsaturated/α-hetero) is 4. The first-order valence-corrected chi connectivity index (χ1v) is 30.9. The third kappa shape index (κ3) is 21.3. The van der Waals surface area contributed by atoms with Gasteiger partial charge in [0.15, 0.2) is 23.1 Å². The second-order valence-electron chi connectivity index (χ2n) is 21.7. The molecule has 0 fully saturated rings. The van der Waals surface area contributed by atoms with Gasteiger partial charge in [-0.25, -0.2) is 9.59 Å². The van der Waals surface area contributed by atoms with Gasteiger partial charge in [0.1, 0.15) is 23.0 Å². The molecule has 14 nitrogen and oxygen atoms in total. The maximum absolute atomic E-state index is 14.6. The van der Waals surface area contributed by atoms with E-state index in [-0.39, 0.29) is 102 Å². The number of aliphatic hydroxyl groups excluding tert-OH is 2. The van der Waals surface area contributed by atoms with Crippen molar-refractivity contribution in [1.82, 2.24) is 0 Å². The van der Waals surface area contributed by atoms with Crippen molar-refractivity contribution < 1.29 is 67.4 Å². The summed E-state index contributed by atoms with van der Waals surface area (Å²) in [6, 6.07) is 14.9. The van der Waals surface area contributed by atoms with E-state index < -0.39 is 11.9 Å². The number of hydrogen-bond acceptors (Lipinski definition) is 14. The summed E-state index contributed by atoms with van der Waals surface area (Å²) in [7, 11) is 0. The number of aliphatic hydroxyl groups is 2. The van der Waals surface area contributed by atoms with E-state index in [9.17, 15) is 39.0 Å². The molecule has 0 unspecified atom stereocenters. The van der Waals surface area contributed by atoms with Gasteiger partial charge in [-0.15, -0.1) is 0 Å². The van der Waals surface area contributed by atoms with Crippen molar-refractivity contribution in [2.75, 3.05) is 52.9 Å². The summed E-state index contributed by atoms with van der Waals surface area (Å²) in [5, 5.41) is 20.3. The summed E-state index contributed by atoms with van der Waals surface area (Å²) in [5.41, 5.74) is 6.79. The van der Waals surface area contributed by atoms with Crippen LogP contribution in [0.4, 0.5) is 0 Å². The topological polar surface area (TPSA) is 198 Å².